The Bertz CT molecular complexity index is 965. The molecule has 3 atom stereocenters. The number of hydrogen-bond acceptors (Lipinski definition) is 3. The molecule has 2 aliphatic rings. The molecule has 9 heteroatoms. The Labute approximate surface area is 164 Å². The molecule has 28 heavy (non-hydrogen) atoms. The number of amides is 1. The van der Waals surface area contributed by atoms with E-state index in [9.17, 15) is 18.0 Å². The van der Waals surface area contributed by atoms with E-state index in [0.29, 0.717) is 10.9 Å². The van der Waals surface area contributed by atoms with E-state index in [1.54, 1.807) is 13.0 Å². The summed E-state index contributed by atoms with van der Waals surface area (Å²) < 4.78 is 44.9. The molecular formula is C19H16F3N3O2S. The van der Waals surface area contributed by atoms with Crippen LogP contribution in [-0.2, 0) is 11.0 Å². The Balaban J connectivity index is 1.67. The number of carbonyl (C=O) groups excluding carboxylic acids is 1. The molecule has 3 N–H and O–H groups in total. The Hall–Kier alpha value is -2.81. The van der Waals surface area contributed by atoms with Crippen LogP contribution in [0.25, 0.3) is 0 Å². The first kappa shape index (κ1) is 18.5. The lowest BCUT2D eigenvalue weighted by atomic mass is 9.80. The first-order valence-electron chi connectivity index (χ1n) is 8.52. The van der Waals surface area contributed by atoms with E-state index in [1.807, 2.05) is 18.2 Å². The van der Waals surface area contributed by atoms with Crippen LogP contribution in [0.4, 0.5) is 18.9 Å². The monoisotopic (exact) mass is 407 g/mol. The number of halogens is 3. The van der Waals surface area contributed by atoms with E-state index < -0.39 is 35.3 Å². The van der Waals surface area contributed by atoms with Crippen molar-refractivity contribution in [2.45, 2.75) is 24.9 Å². The first-order valence-corrected chi connectivity index (χ1v) is 8.93. The van der Waals surface area contributed by atoms with Crippen molar-refractivity contribution in [2.24, 2.45) is 5.92 Å². The van der Waals surface area contributed by atoms with Gasteiger partial charge in [0.25, 0.3) is 0 Å². The number of para-hydroxylation sites is 1. The normalized spacial score (nSPS) is 25.6. The number of carbonyl (C=O) groups is 1. The molecule has 146 valence electrons. The largest absolute Gasteiger partial charge is 0.467 e. The molecule has 2 aromatic rings. The van der Waals surface area contributed by atoms with Crippen molar-refractivity contribution < 1.29 is 22.7 Å². The smallest absolute Gasteiger partial charge is 0.416 e. The molecule has 1 fully saturated rings. The van der Waals surface area contributed by atoms with E-state index in [2.05, 4.69) is 16.0 Å². The second-order valence-electron chi connectivity index (χ2n) is 6.87. The maximum atomic E-state index is 13.1. The third-order valence-electron chi connectivity index (χ3n) is 4.89. The maximum absolute atomic E-state index is 13.1. The lowest BCUT2D eigenvalue weighted by molar-refractivity contribution is -0.138. The predicted molar refractivity (Wildman–Crippen MR) is 101 cm³/mol. The van der Waals surface area contributed by atoms with E-state index in [0.717, 1.165) is 17.7 Å². The van der Waals surface area contributed by atoms with Gasteiger partial charge in [-0.2, -0.15) is 13.2 Å². The van der Waals surface area contributed by atoms with E-state index in [1.165, 1.54) is 12.1 Å². The van der Waals surface area contributed by atoms with Gasteiger partial charge in [-0.05, 0) is 43.4 Å². The highest BCUT2D eigenvalue weighted by molar-refractivity contribution is 7.80. The summed E-state index contributed by atoms with van der Waals surface area (Å²) in [5, 5.41) is 8.98. The van der Waals surface area contributed by atoms with Crippen LogP contribution in [0.15, 0.2) is 48.5 Å². The van der Waals surface area contributed by atoms with Crippen molar-refractivity contribution >= 4 is 28.9 Å². The van der Waals surface area contributed by atoms with Crippen molar-refractivity contribution in [1.29, 1.82) is 0 Å². The molecule has 0 radical (unpaired) electrons. The fourth-order valence-electron chi connectivity index (χ4n) is 3.68. The molecule has 4 rings (SSSR count). The van der Waals surface area contributed by atoms with Crippen molar-refractivity contribution in [2.75, 3.05) is 5.32 Å². The second kappa shape index (κ2) is 6.37. The van der Waals surface area contributed by atoms with Crippen LogP contribution in [0, 0.1) is 5.92 Å². The van der Waals surface area contributed by atoms with E-state index >= 15 is 0 Å². The van der Waals surface area contributed by atoms with Gasteiger partial charge in [-0.1, -0.05) is 24.3 Å². The Kier molecular flexibility index (Phi) is 4.22. The van der Waals surface area contributed by atoms with Crippen LogP contribution < -0.4 is 20.7 Å². The standard InChI is InChI=1S/C19H16F3N3O2S/c1-18-14(16(26)23-11-6-4-5-10(9-11)19(20,21)22)15(24-17(28)25-18)12-7-2-3-8-13(12)27-18/h2-9,14-15H,1H3,(H,23,26)(H2,24,25,28). The van der Waals surface area contributed by atoms with E-state index in [4.69, 9.17) is 17.0 Å². The molecule has 2 bridgehead atoms. The fourth-order valence-corrected chi connectivity index (χ4v) is 4.01. The number of benzene rings is 2. The minimum absolute atomic E-state index is 0.0583. The van der Waals surface area contributed by atoms with Crippen LogP contribution in [0.2, 0.25) is 0 Å². The Morgan fingerprint density at radius 3 is 2.71 bits per heavy atom. The number of thiocarbonyl (C=S) groups is 1. The van der Waals surface area contributed by atoms with Crippen molar-refractivity contribution in [3.05, 3.63) is 59.7 Å². The second-order valence-corrected chi connectivity index (χ2v) is 7.28. The summed E-state index contributed by atoms with van der Waals surface area (Å²) in [6.07, 6.45) is -4.49. The average Bonchev–Trinajstić information content (AvgIpc) is 2.60. The molecule has 1 saturated heterocycles. The van der Waals surface area contributed by atoms with Gasteiger partial charge in [0.2, 0.25) is 5.91 Å². The summed E-state index contributed by atoms with van der Waals surface area (Å²) >= 11 is 5.23. The number of alkyl halides is 3. The molecule has 0 saturated carbocycles. The summed E-state index contributed by atoms with van der Waals surface area (Å²) in [7, 11) is 0. The van der Waals surface area contributed by atoms with Crippen LogP contribution in [0.1, 0.15) is 24.1 Å². The molecule has 2 aliphatic heterocycles. The summed E-state index contributed by atoms with van der Waals surface area (Å²) in [5.74, 6) is -0.645. The minimum Gasteiger partial charge on any atom is -0.467 e. The molecule has 3 unspecified atom stereocenters. The van der Waals surface area contributed by atoms with Gasteiger partial charge in [-0.15, -0.1) is 0 Å². The molecule has 2 aromatic carbocycles. The molecule has 0 aliphatic carbocycles. The van der Waals surface area contributed by atoms with Crippen molar-refractivity contribution in [3.63, 3.8) is 0 Å². The van der Waals surface area contributed by atoms with Gasteiger partial charge in [0.05, 0.1) is 11.6 Å². The summed E-state index contributed by atoms with van der Waals surface area (Å²) in [6, 6.07) is 11.3. The number of hydrogen-bond donors (Lipinski definition) is 3. The maximum Gasteiger partial charge on any atom is 0.416 e. The molecular weight excluding hydrogens is 391 g/mol. The zero-order valence-electron chi connectivity index (χ0n) is 14.6. The quantitative estimate of drug-likeness (QED) is 0.665. The van der Waals surface area contributed by atoms with Gasteiger partial charge in [-0.25, -0.2) is 0 Å². The van der Waals surface area contributed by atoms with Crippen LogP contribution >= 0.6 is 12.2 Å². The van der Waals surface area contributed by atoms with Crippen molar-refractivity contribution in [1.82, 2.24) is 10.6 Å². The Morgan fingerprint density at radius 2 is 1.96 bits per heavy atom. The number of anilines is 1. The summed E-state index contributed by atoms with van der Waals surface area (Å²) in [6.45, 7) is 1.69. The average molecular weight is 407 g/mol. The van der Waals surface area contributed by atoms with Crippen LogP contribution in [0.5, 0.6) is 5.75 Å². The highest BCUT2D eigenvalue weighted by Gasteiger charge is 2.54. The molecule has 1 amide bonds. The van der Waals surface area contributed by atoms with Gasteiger partial charge < -0.3 is 20.7 Å². The third-order valence-corrected chi connectivity index (χ3v) is 5.11. The zero-order chi connectivity index (χ0) is 20.1. The minimum atomic E-state index is -4.49. The van der Waals surface area contributed by atoms with Crippen LogP contribution in [-0.4, -0.2) is 16.7 Å². The number of fused-ring (bicyclic) bond motifs is 4. The number of ether oxygens (including phenoxy) is 1. The van der Waals surface area contributed by atoms with Crippen LogP contribution in [0.3, 0.4) is 0 Å². The lowest BCUT2D eigenvalue weighted by Gasteiger charge is -2.50. The van der Waals surface area contributed by atoms with Gasteiger partial charge >= 0.3 is 6.18 Å². The summed E-state index contributed by atoms with van der Waals surface area (Å²) in [4.78, 5) is 13.1. The van der Waals surface area contributed by atoms with Gasteiger partial charge in [0.15, 0.2) is 10.8 Å². The SMILES string of the molecule is CC12NC(=S)NC(c3ccccc3O1)C2C(=O)Nc1cccc(C(F)(F)F)c1. The lowest BCUT2D eigenvalue weighted by Crippen LogP contribution is -2.70. The first-order chi connectivity index (χ1) is 13.2. The molecule has 2 heterocycles. The summed E-state index contributed by atoms with van der Waals surface area (Å²) in [5.41, 5.74) is -1.16. The number of rotatable bonds is 2. The topological polar surface area (TPSA) is 62.4 Å². The highest BCUT2D eigenvalue weighted by Crippen LogP contribution is 2.45. The van der Waals surface area contributed by atoms with Crippen molar-refractivity contribution in [3.8, 4) is 5.75 Å². The molecule has 0 spiro atoms. The van der Waals surface area contributed by atoms with Gasteiger partial charge in [0.1, 0.15) is 11.7 Å². The van der Waals surface area contributed by atoms with Gasteiger partial charge in [-0.3, -0.25) is 4.79 Å². The van der Waals surface area contributed by atoms with Gasteiger partial charge in [0, 0.05) is 11.3 Å². The Morgan fingerprint density at radius 1 is 1.21 bits per heavy atom. The predicted octanol–water partition coefficient (Wildman–Crippen LogP) is 3.59. The molecule has 5 nitrogen and oxygen atoms in total. The fraction of sp³-hybridized carbons (Fsp3) is 0.263. The highest BCUT2D eigenvalue weighted by atomic mass is 32.1. The third kappa shape index (κ3) is 3.15. The zero-order valence-corrected chi connectivity index (χ0v) is 15.4. The molecule has 0 aromatic heterocycles. The van der Waals surface area contributed by atoms with E-state index in [-0.39, 0.29) is 5.69 Å². The number of nitrogens with one attached hydrogen (secondary N) is 3.